The fourth-order valence-electron chi connectivity index (χ4n) is 2.11. The van der Waals surface area contributed by atoms with Gasteiger partial charge in [0.2, 0.25) is 11.9 Å². The van der Waals surface area contributed by atoms with Gasteiger partial charge < -0.3 is 23.7 Å². The van der Waals surface area contributed by atoms with Crippen LogP contribution in [0.5, 0.6) is 0 Å². The molecule has 0 bridgehead atoms. The van der Waals surface area contributed by atoms with Crippen molar-refractivity contribution in [3.8, 4) is 0 Å². The molecule has 0 radical (unpaired) electrons. The summed E-state index contributed by atoms with van der Waals surface area (Å²) in [6.07, 6.45) is 1.31. The standard InChI is InChI=1S/C15H22O7/c1-3-5-7-18-12-11(10-9-20-15(17)21-10)22-14(16)13(12)19-8-6-4-2/h10-11H,3-9H2,1-2H3/t10?,11-/m1/s1. The van der Waals surface area contributed by atoms with Crippen LogP contribution >= 0.6 is 0 Å². The van der Waals surface area contributed by atoms with Gasteiger partial charge in [-0.3, -0.25) is 0 Å². The van der Waals surface area contributed by atoms with Crippen molar-refractivity contribution in [2.45, 2.75) is 51.7 Å². The molecule has 2 aliphatic rings. The topological polar surface area (TPSA) is 80.3 Å². The summed E-state index contributed by atoms with van der Waals surface area (Å²) >= 11 is 0. The van der Waals surface area contributed by atoms with Crippen LogP contribution in [0, 0.1) is 0 Å². The van der Waals surface area contributed by atoms with Gasteiger partial charge in [-0.15, -0.1) is 0 Å². The predicted octanol–water partition coefficient (Wildman–Crippen LogP) is 2.29. The molecule has 0 aliphatic carbocycles. The zero-order valence-electron chi connectivity index (χ0n) is 13.0. The monoisotopic (exact) mass is 314 g/mol. The lowest BCUT2D eigenvalue weighted by Gasteiger charge is -2.17. The van der Waals surface area contributed by atoms with Gasteiger partial charge in [-0.25, -0.2) is 9.59 Å². The van der Waals surface area contributed by atoms with Gasteiger partial charge >= 0.3 is 12.1 Å². The highest BCUT2D eigenvalue weighted by atomic mass is 16.8. The van der Waals surface area contributed by atoms with Crippen LogP contribution in [0.4, 0.5) is 4.79 Å². The smallest absolute Gasteiger partial charge is 0.490 e. The largest absolute Gasteiger partial charge is 0.508 e. The normalized spacial score (nSPS) is 24.1. The Morgan fingerprint density at radius 3 is 2.32 bits per heavy atom. The third-order valence-electron chi connectivity index (χ3n) is 3.35. The highest BCUT2D eigenvalue weighted by molar-refractivity contribution is 5.89. The Balaban J connectivity index is 2.10. The minimum absolute atomic E-state index is 0.0274. The molecule has 1 unspecified atom stereocenters. The van der Waals surface area contributed by atoms with Crippen LogP contribution in [-0.4, -0.2) is 44.2 Å². The van der Waals surface area contributed by atoms with Crippen LogP contribution in [0.3, 0.4) is 0 Å². The zero-order chi connectivity index (χ0) is 15.9. The third kappa shape index (κ3) is 3.84. The van der Waals surface area contributed by atoms with Crippen molar-refractivity contribution < 1.29 is 33.3 Å². The predicted molar refractivity (Wildman–Crippen MR) is 74.8 cm³/mol. The maximum absolute atomic E-state index is 12.0. The maximum Gasteiger partial charge on any atom is 0.508 e. The van der Waals surface area contributed by atoms with E-state index in [1.54, 1.807) is 0 Å². The Labute approximate surface area is 129 Å². The van der Waals surface area contributed by atoms with Crippen molar-refractivity contribution in [2.24, 2.45) is 0 Å². The molecule has 0 amide bonds. The van der Waals surface area contributed by atoms with Gasteiger partial charge in [-0.1, -0.05) is 26.7 Å². The van der Waals surface area contributed by atoms with E-state index in [9.17, 15) is 9.59 Å². The molecule has 2 rings (SSSR count). The molecule has 0 aromatic heterocycles. The molecule has 0 aromatic rings. The van der Waals surface area contributed by atoms with Crippen LogP contribution in [0.2, 0.25) is 0 Å². The highest BCUT2D eigenvalue weighted by Crippen LogP contribution is 2.30. The van der Waals surface area contributed by atoms with Crippen LogP contribution in [0.25, 0.3) is 0 Å². The molecule has 0 saturated carbocycles. The molecular weight excluding hydrogens is 292 g/mol. The summed E-state index contributed by atoms with van der Waals surface area (Å²) in [5.74, 6) is -0.203. The summed E-state index contributed by atoms with van der Waals surface area (Å²) in [5, 5.41) is 0. The number of ether oxygens (including phenoxy) is 5. The SMILES string of the molecule is CCCCOC1=C(OCCCC)[C@@H](C2COC(=O)O2)OC1=O. The first-order chi connectivity index (χ1) is 10.7. The van der Waals surface area contributed by atoms with E-state index in [2.05, 4.69) is 0 Å². The van der Waals surface area contributed by atoms with Crippen LogP contribution in [0.15, 0.2) is 11.5 Å². The van der Waals surface area contributed by atoms with Gasteiger partial charge in [0.25, 0.3) is 0 Å². The van der Waals surface area contributed by atoms with E-state index in [1.165, 1.54) is 0 Å². The number of carbonyl (C=O) groups excluding carboxylic acids is 2. The van der Waals surface area contributed by atoms with E-state index in [4.69, 9.17) is 23.7 Å². The molecule has 2 aliphatic heterocycles. The first-order valence-electron chi connectivity index (χ1n) is 7.71. The molecular formula is C15H22O7. The third-order valence-corrected chi connectivity index (χ3v) is 3.35. The summed E-state index contributed by atoms with van der Waals surface area (Å²) in [6, 6.07) is 0. The molecule has 22 heavy (non-hydrogen) atoms. The maximum atomic E-state index is 12.0. The van der Waals surface area contributed by atoms with Crippen molar-refractivity contribution in [1.82, 2.24) is 0 Å². The van der Waals surface area contributed by atoms with Gasteiger partial charge in [0.05, 0.1) is 13.2 Å². The second-order valence-electron chi connectivity index (χ2n) is 5.14. The summed E-state index contributed by atoms with van der Waals surface area (Å²) in [6.45, 7) is 4.95. The van der Waals surface area contributed by atoms with Crippen molar-refractivity contribution in [2.75, 3.05) is 19.8 Å². The van der Waals surface area contributed by atoms with E-state index in [-0.39, 0.29) is 12.4 Å². The number of carbonyl (C=O) groups is 2. The molecule has 1 saturated heterocycles. The number of hydrogen-bond donors (Lipinski definition) is 0. The lowest BCUT2D eigenvalue weighted by atomic mass is 10.2. The van der Waals surface area contributed by atoms with Gasteiger partial charge in [-0.2, -0.15) is 0 Å². The number of hydrogen-bond acceptors (Lipinski definition) is 7. The van der Waals surface area contributed by atoms with Crippen LogP contribution < -0.4 is 0 Å². The van der Waals surface area contributed by atoms with Crippen molar-refractivity contribution in [3.63, 3.8) is 0 Å². The molecule has 2 atom stereocenters. The summed E-state index contributed by atoms with van der Waals surface area (Å²) in [4.78, 5) is 23.1. The molecule has 0 spiro atoms. The average Bonchev–Trinajstić information content (AvgIpc) is 3.05. The Kier molecular flexibility index (Phi) is 5.91. The van der Waals surface area contributed by atoms with Crippen LogP contribution in [0.1, 0.15) is 39.5 Å². The van der Waals surface area contributed by atoms with Gasteiger partial charge in [0, 0.05) is 0 Å². The number of cyclic esters (lactones) is 3. The Morgan fingerprint density at radius 2 is 1.73 bits per heavy atom. The molecule has 1 fully saturated rings. The van der Waals surface area contributed by atoms with E-state index in [0.29, 0.717) is 19.0 Å². The van der Waals surface area contributed by atoms with Gasteiger partial charge in [0.15, 0.2) is 11.9 Å². The molecule has 2 heterocycles. The van der Waals surface area contributed by atoms with E-state index in [1.807, 2.05) is 13.8 Å². The molecule has 0 aromatic carbocycles. The fourth-order valence-corrected chi connectivity index (χ4v) is 2.11. The van der Waals surface area contributed by atoms with E-state index >= 15 is 0 Å². The van der Waals surface area contributed by atoms with Crippen molar-refractivity contribution in [1.29, 1.82) is 0 Å². The highest BCUT2D eigenvalue weighted by Gasteiger charge is 2.47. The minimum atomic E-state index is -0.799. The first kappa shape index (κ1) is 16.5. The summed E-state index contributed by atoms with van der Waals surface area (Å²) in [5.41, 5.74) is 0. The molecule has 7 heteroatoms. The molecule has 124 valence electrons. The quantitative estimate of drug-likeness (QED) is 0.477. The fraction of sp³-hybridized carbons (Fsp3) is 0.733. The average molecular weight is 314 g/mol. The second-order valence-corrected chi connectivity index (χ2v) is 5.14. The molecule has 7 nitrogen and oxygen atoms in total. The summed E-state index contributed by atoms with van der Waals surface area (Å²) < 4.78 is 26.2. The van der Waals surface area contributed by atoms with E-state index < -0.39 is 24.3 Å². The Morgan fingerprint density at radius 1 is 1.05 bits per heavy atom. The van der Waals surface area contributed by atoms with Crippen molar-refractivity contribution >= 4 is 12.1 Å². The lowest BCUT2D eigenvalue weighted by Crippen LogP contribution is -2.31. The molecule has 0 N–H and O–H groups in total. The van der Waals surface area contributed by atoms with Crippen molar-refractivity contribution in [3.05, 3.63) is 11.5 Å². The number of esters is 1. The number of rotatable bonds is 9. The summed E-state index contributed by atoms with van der Waals surface area (Å²) in [7, 11) is 0. The Bertz CT molecular complexity index is 443. The van der Waals surface area contributed by atoms with Crippen LogP contribution in [-0.2, 0) is 28.5 Å². The van der Waals surface area contributed by atoms with Gasteiger partial charge in [-0.05, 0) is 12.8 Å². The first-order valence-corrected chi connectivity index (χ1v) is 7.71. The minimum Gasteiger partial charge on any atom is -0.490 e. The Hall–Kier alpha value is -1.92. The number of unbranched alkanes of at least 4 members (excludes halogenated alkanes) is 2. The second kappa shape index (κ2) is 7.91. The zero-order valence-corrected chi connectivity index (χ0v) is 13.0. The lowest BCUT2D eigenvalue weighted by molar-refractivity contribution is -0.146. The van der Waals surface area contributed by atoms with Gasteiger partial charge in [0.1, 0.15) is 6.61 Å². The van der Waals surface area contributed by atoms with E-state index in [0.717, 1.165) is 25.7 Å².